The van der Waals surface area contributed by atoms with Crippen LogP contribution < -0.4 is 11.1 Å². The Hall–Kier alpha value is -2.92. The third-order valence-corrected chi connectivity index (χ3v) is 5.02. The van der Waals surface area contributed by atoms with E-state index in [1.165, 1.54) is 0 Å². The summed E-state index contributed by atoms with van der Waals surface area (Å²) in [5.74, 6) is 1.63. The van der Waals surface area contributed by atoms with E-state index in [1.54, 1.807) is 6.20 Å². The van der Waals surface area contributed by atoms with Crippen molar-refractivity contribution in [2.75, 3.05) is 5.32 Å². The van der Waals surface area contributed by atoms with Crippen molar-refractivity contribution in [3.63, 3.8) is 0 Å². The number of amides is 1. The topological polar surface area (TPSA) is 81.2 Å². The van der Waals surface area contributed by atoms with Gasteiger partial charge in [-0.1, -0.05) is 37.3 Å². The smallest absolute Gasteiger partial charge is 0.229 e. The second-order valence-electron chi connectivity index (χ2n) is 7.13. The molecular weight excluding hydrogens is 338 g/mol. The average Bonchev–Trinajstić information content (AvgIpc) is 3.45. The van der Waals surface area contributed by atoms with E-state index < -0.39 is 0 Å². The van der Waals surface area contributed by atoms with Crippen molar-refractivity contribution < 1.29 is 9.21 Å². The third-order valence-electron chi connectivity index (χ3n) is 5.02. The van der Waals surface area contributed by atoms with Crippen molar-refractivity contribution in [1.82, 2.24) is 4.98 Å². The molecule has 5 nitrogen and oxygen atoms in total. The summed E-state index contributed by atoms with van der Waals surface area (Å²) in [6.07, 6.45) is 4.09. The summed E-state index contributed by atoms with van der Waals surface area (Å²) in [5.41, 5.74) is 8.88. The molecule has 2 aromatic carbocycles. The summed E-state index contributed by atoms with van der Waals surface area (Å²) in [4.78, 5) is 16.9. The number of nitrogens with one attached hydrogen (secondary N) is 1. The Morgan fingerprint density at radius 1 is 1.15 bits per heavy atom. The van der Waals surface area contributed by atoms with E-state index in [-0.39, 0.29) is 17.9 Å². The fraction of sp³-hybridized carbons (Fsp3) is 0.273. The molecular formula is C22H23N3O2. The molecule has 1 saturated carbocycles. The van der Waals surface area contributed by atoms with Gasteiger partial charge in [-0.15, -0.1) is 0 Å². The number of aromatic nitrogens is 1. The molecule has 1 heterocycles. The lowest BCUT2D eigenvalue weighted by atomic mass is 9.94. The Labute approximate surface area is 158 Å². The maximum Gasteiger partial charge on any atom is 0.229 e. The number of hydrogen-bond acceptors (Lipinski definition) is 4. The Morgan fingerprint density at radius 3 is 2.52 bits per heavy atom. The molecule has 5 heteroatoms. The Bertz CT molecular complexity index is 914. The Morgan fingerprint density at radius 2 is 1.85 bits per heavy atom. The minimum absolute atomic E-state index is 0.102. The van der Waals surface area contributed by atoms with Gasteiger partial charge in [0.1, 0.15) is 0 Å². The van der Waals surface area contributed by atoms with E-state index in [9.17, 15) is 4.79 Å². The van der Waals surface area contributed by atoms with E-state index in [1.807, 2.05) is 61.5 Å². The highest BCUT2D eigenvalue weighted by Crippen LogP contribution is 2.40. The summed E-state index contributed by atoms with van der Waals surface area (Å²) < 4.78 is 5.82. The molecule has 1 amide bonds. The third kappa shape index (κ3) is 3.93. The van der Waals surface area contributed by atoms with Crippen LogP contribution in [-0.4, -0.2) is 10.9 Å². The quantitative estimate of drug-likeness (QED) is 0.677. The van der Waals surface area contributed by atoms with Gasteiger partial charge in [0.2, 0.25) is 5.91 Å². The maximum atomic E-state index is 12.5. The van der Waals surface area contributed by atoms with Crippen LogP contribution in [0.4, 0.5) is 5.69 Å². The molecule has 3 aromatic rings. The summed E-state index contributed by atoms with van der Waals surface area (Å²) >= 11 is 0. The van der Waals surface area contributed by atoms with E-state index in [2.05, 4.69) is 10.3 Å². The van der Waals surface area contributed by atoms with Crippen LogP contribution in [-0.2, 0) is 4.79 Å². The largest absolute Gasteiger partial charge is 0.440 e. The molecule has 0 saturated heterocycles. The summed E-state index contributed by atoms with van der Waals surface area (Å²) in [5, 5.41) is 2.94. The van der Waals surface area contributed by atoms with Gasteiger partial charge in [-0.05, 0) is 42.7 Å². The zero-order chi connectivity index (χ0) is 18.8. The number of rotatable bonds is 6. The van der Waals surface area contributed by atoms with Gasteiger partial charge in [-0.2, -0.15) is 0 Å². The van der Waals surface area contributed by atoms with Crippen molar-refractivity contribution in [2.24, 2.45) is 11.7 Å². The Kier molecular flexibility index (Phi) is 4.77. The predicted octanol–water partition coefficient (Wildman–Crippen LogP) is 4.49. The van der Waals surface area contributed by atoms with E-state index in [0.29, 0.717) is 5.92 Å². The summed E-state index contributed by atoms with van der Waals surface area (Å²) in [7, 11) is 0. The lowest BCUT2D eigenvalue weighted by Crippen LogP contribution is -2.30. The fourth-order valence-corrected chi connectivity index (χ4v) is 3.04. The van der Waals surface area contributed by atoms with Crippen LogP contribution in [0.1, 0.15) is 43.2 Å². The predicted molar refractivity (Wildman–Crippen MR) is 105 cm³/mol. The van der Waals surface area contributed by atoms with Gasteiger partial charge >= 0.3 is 0 Å². The number of nitrogens with two attached hydrogens (primary N) is 1. The van der Waals surface area contributed by atoms with E-state index >= 15 is 0 Å². The molecule has 0 aliphatic heterocycles. The minimum Gasteiger partial charge on any atom is -0.440 e. The average molecular weight is 361 g/mol. The van der Waals surface area contributed by atoms with Gasteiger partial charge in [-0.25, -0.2) is 4.98 Å². The zero-order valence-electron chi connectivity index (χ0n) is 15.3. The lowest BCUT2D eigenvalue weighted by Gasteiger charge is -2.20. The van der Waals surface area contributed by atoms with Crippen LogP contribution in [0.15, 0.2) is 65.2 Å². The standard InChI is InChI=1S/C22H23N3O2/c1-14(20(23)16-5-3-2-4-6-16)21(26)25-18-11-9-15(10-12-18)19-13-24-22(27-19)17-7-8-17/h2-6,9-14,17,20H,7-8,23H2,1H3,(H,25,26). The van der Waals surface area contributed by atoms with Crippen LogP contribution in [0.5, 0.6) is 0 Å². The number of benzene rings is 2. The van der Waals surface area contributed by atoms with Crippen molar-refractivity contribution in [2.45, 2.75) is 31.7 Å². The number of carbonyl (C=O) groups is 1. The molecule has 4 rings (SSSR count). The number of anilines is 1. The van der Waals surface area contributed by atoms with Crippen LogP contribution in [0.2, 0.25) is 0 Å². The normalized spacial score (nSPS) is 15.9. The molecule has 0 radical (unpaired) electrons. The molecule has 2 unspecified atom stereocenters. The second-order valence-corrected chi connectivity index (χ2v) is 7.13. The number of hydrogen-bond donors (Lipinski definition) is 2. The molecule has 0 bridgehead atoms. The van der Waals surface area contributed by atoms with Crippen LogP contribution >= 0.6 is 0 Å². The molecule has 1 aromatic heterocycles. The second kappa shape index (κ2) is 7.37. The highest BCUT2D eigenvalue weighted by molar-refractivity contribution is 5.93. The highest BCUT2D eigenvalue weighted by atomic mass is 16.4. The molecule has 138 valence electrons. The molecule has 3 N–H and O–H groups in total. The van der Waals surface area contributed by atoms with E-state index in [0.717, 1.165) is 41.3 Å². The maximum absolute atomic E-state index is 12.5. The van der Waals surface area contributed by atoms with Gasteiger partial charge in [0, 0.05) is 23.2 Å². The van der Waals surface area contributed by atoms with Gasteiger partial charge in [-0.3, -0.25) is 4.79 Å². The number of nitrogens with zero attached hydrogens (tertiary/aromatic N) is 1. The van der Waals surface area contributed by atoms with Crippen LogP contribution in [0.25, 0.3) is 11.3 Å². The van der Waals surface area contributed by atoms with Crippen molar-refractivity contribution in [1.29, 1.82) is 0 Å². The first-order chi connectivity index (χ1) is 13.1. The van der Waals surface area contributed by atoms with Crippen molar-refractivity contribution in [3.8, 4) is 11.3 Å². The van der Waals surface area contributed by atoms with Gasteiger partial charge < -0.3 is 15.5 Å². The molecule has 1 fully saturated rings. The first-order valence-electron chi connectivity index (χ1n) is 9.29. The SMILES string of the molecule is CC(C(=O)Nc1ccc(-c2cnc(C3CC3)o2)cc1)C(N)c1ccccc1. The van der Waals surface area contributed by atoms with Gasteiger partial charge in [0.05, 0.1) is 12.1 Å². The number of oxazole rings is 1. The first-order valence-corrected chi connectivity index (χ1v) is 9.29. The van der Waals surface area contributed by atoms with Gasteiger partial charge in [0.25, 0.3) is 0 Å². The highest BCUT2D eigenvalue weighted by Gasteiger charge is 2.28. The molecule has 1 aliphatic carbocycles. The minimum atomic E-state index is -0.347. The summed E-state index contributed by atoms with van der Waals surface area (Å²) in [6, 6.07) is 16.9. The molecule has 2 atom stereocenters. The zero-order valence-corrected chi connectivity index (χ0v) is 15.3. The van der Waals surface area contributed by atoms with E-state index in [4.69, 9.17) is 10.2 Å². The van der Waals surface area contributed by atoms with Crippen LogP contribution in [0.3, 0.4) is 0 Å². The van der Waals surface area contributed by atoms with Crippen molar-refractivity contribution in [3.05, 3.63) is 72.2 Å². The monoisotopic (exact) mass is 361 g/mol. The van der Waals surface area contributed by atoms with Gasteiger partial charge in [0.15, 0.2) is 11.7 Å². The Balaban J connectivity index is 1.40. The van der Waals surface area contributed by atoms with Crippen LogP contribution in [0, 0.1) is 5.92 Å². The van der Waals surface area contributed by atoms with Crippen molar-refractivity contribution >= 4 is 11.6 Å². The fourth-order valence-electron chi connectivity index (χ4n) is 3.04. The first kappa shape index (κ1) is 17.5. The number of carbonyl (C=O) groups excluding carboxylic acids is 1. The molecule has 27 heavy (non-hydrogen) atoms. The molecule has 1 aliphatic rings. The summed E-state index contributed by atoms with van der Waals surface area (Å²) in [6.45, 7) is 1.84. The lowest BCUT2D eigenvalue weighted by molar-refractivity contribution is -0.120. The molecule has 0 spiro atoms.